The number of H-pyrrole nitrogens is 2. The predicted molar refractivity (Wildman–Crippen MR) is 106 cm³/mol. The monoisotopic (exact) mass is 419 g/mol. The lowest BCUT2D eigenvalue weighted by Gasteiger charge is -2.38. The number of fused-ring (bicyclic) bond motifs is 1. The molecule has 11 heteroatoms. The normalized spacial score (nSPS) is 16.2. The number of nitrogens with one attached hydrogen (secondary N) is 3. The highest BCUT2D eigenvalue weighted by atomic mass is 35.5. The summed E-state index contributed by atoms with van der Waals surface area (Å²) in [6.45, 7) is 0.971. The van der Waals surface area contributed by atoms with Gasteiger partial charge in [0.2, 0.25) is 5.91 Å². The van der Waals surface area contributed by atoms with Gasteiger partial charge >= 0.3 is 5.69 Å². The Kier molecular flexibility index (Phi) is 4.97. The van der Waals surface area contributed by atoms with Gasteiger partial charge in [-0.15, -0.1) is 0 Å². The number of piperidine rings is 1. The Labute approximate surface area is 169 Å². The molecule has 9 nitrogen and oxygen atoms in total. The summed E-state index contributed by atoms with van der Waals surface area (Å²) >= 11 is 5.74. The molecule has 0 atom stereocenters. The Morgan fingerprint density at radius 1 is 1.31 bits per heavy atom. The highest BCUT2D eigenvalue weighted by Crippen LogP contribution is 2.26. The van der Waals surface area contributed by atoms with E-state index in [0.29, 0.717) is 53.5 Å². The van der Waals surface area contributed by atoms with E-state index in [1.165, 1.54) is 18.5 Å². The molecule has 3 heterocycles. The van der Waals surface area contributed by atoms with Gasteiger partial charge in [-0.25, -0.2) is 19.2 Å². The Hall–Kier alpha value is -2.98. The van der Waals surface area contributed by atoms with Crippen molar-refractivity contribution in [2.45, 2.75) is 24.9 Å². The first-order valence-electron chi connectivity index (χ1n) is 9.05. The number of nitrogens with two attached hydrogens (primary N) is 1. The van der Waals surface area contributed by atoms with Crippen LogP contribution in [0, 0.1) is 5.82 Å². The van der Waals surface area contributed by atoms with E-state index in [0.717, 1.165) is 0 Å². The van der Waals surface area contributed by atoms with Crippen molar-refractivity contribution in [2.24, 2.45) is 5.73 Å². The van der Waals surface area contributed by atoms with E-state index >= 15 is 0 Å². The number of anilines is 1. The van der Waals surface area contributed by atoms with E-state index < -0.39 is 11.4 Å². The molecule has 3 aromatic rings. The largest absolute Gasteiger partial charge is 0.355 e. The van der Waals surface area contributed by atoms with Crippen LogP contribution in [0.4, 0.5) is 10.2 Å². The summed E-state index contributed by atoms with van der Waals surface area (Å²) in [4.78, 5) is 39.7. The van der Waals surface area contributed by atoms with Crippen LogP contribution in [0.25, 0.3) is 11.2 Å². The van der Waals surface area contributed by atoms with Gasteiger partial charge in [0, 0.05) is 30.2 Å². The fourth-order valence-corrected chi connectivity index (χ4v) is 3.60. The zero-order valence-electron chi connectivity index (χ0n) is 15.3. The van der Waals surface area contributed by atoms with E-state index in [9.17, 15) is 14.0 Å². The molecule has 0 bridgehead atoms. The van der Waals surface area contributed by atoms with Gasteiger partial charge in [-0.2, -0.15) is 0 Å². The maximum atomic E-state index is 13.9. The molecule has 1 saturated heterocycles. The molecule has 5 N–H and O–H groups in total. The van der Waals surface area contributed by atoms with Crippen LogP contribution in [0.1, 0.15) is 18.4 Å². The first-order valence-corrected chi connectivity index (χ1v) is 9.42. The number of imidazole rings is 1. The van der Waals surface area contributed by atoms with Crippen molar-refractivity contribution in [3.63, 3.8) is 0 Å². The van der Waals surface area contributed by atoms with Crippen LogP contribution in [0.2, 0.25) is 5.02 Å². The van der Waals surface area contributed by atoms with Crippen molar-refractivity contribution in [2.75, 3.05) is 18.0 Å². The molecular formula is C18H19ClFN7O2. The molecular weight excluding hydrogens is 401 g/mol. The first-order chi connectivity index (χ1) is 13.9. The summed E-state index contributed by atoms with van der Waals surface area (Å²) in [6.07, 6.45) is 2.13. The molecule has 152 valence electrons. The summed E-state index contributed by atoms with van der Waals surface area (Å²) < 4.78 is 13.9. The molecule has 1 amide bonds. The van der Waals surface area contributed by atoms with Crippen LogP contribution < -0.4 is 21.6 Å². The zero-order chi connectivity index (χ0) is 20.6. The average molecular weight is 420 g/mol. The molecule has 0 unspecified atom stereocenters. The zero-order valence-corrected chi connectivity index (χ0v) is 16.1. The average Bonchev–Trinajstić information content (AvgIpc) is 3.08. The molecule has 1 aromatic carbocycles. The van der Waals surface area contributed by atoms with Gasteiger partial charge in [0.25, 0.3) is 0 Å². The van der Waals surface area contributed by atoms with E-state index in [2.05, 4.69) is 25.3 Å². The lowest BCUT2D eigenvalue weighted by molar-refractivity contribution is -0.127. The van der Waals surface area contributed by atoms with Crippen LogP contribution >= 0.6 is 11.6 Å². The minimum Gasteiger partial charge on any atom is -0.355 e. The Balaban J connectivity index is 1.42. The van der Waals surface area contributed by atoms with Gasteiger partial charge in [0.05, 0.1) is 5.54 Å². The number of aromatic amines is 2. The third-order valence-corrected chi connectivity index (χ3v) is 5.39. The fraction of sp³-hybridized carbons (Fsp3) is 0.333. The minimum absolute atomic E-state index is 0.0294. The van der Waals surface area contributed by atoms with Gasteiger partial charge in [-0.1, -0.05) is 17.7 Å². The lowest BCUT2D eigenvalue weighted by Crippen LogP contribution is -2.59. The Morgan fingerprint density at radius 2 is 2.07 bits per heavy atom. The number of carbonyl (C=O) groups is 1. The number of nitrogens with zero attached hydrogens (tertiary/aromatic N) is 3. The second-order valence-corrected chi connectivity index (χ2v) is 7.50. The summed E-state index contributed by atoms with van der Waals surface area (Å²) in [5.41, 5.74) is 6.18. The van der Waals surface area contributed by atoms with Gasteiger partial charge in [-0.05, 0) is 25.0 Å². The van der Waals surface area contributed by atoms with E-state index in [1.807, 2.05) is 4.90 Å². The summed E-state index contributed by atoms with van der Waals surface area (Å²) in [5, 5.41) is 3.01. The number of amides is 1. The summed E-state index contributed by atoms with van der Waals surface area (Å²) in [5.74, 6) is -0.236. The van der Waals surface area contributed by atoms with E-state index in [4.69, 9.17) is 17.3 Å². The van der Waals surface area contributed by atoms with Gasteiger partial charge in [-0.3, -0.25) is 9.78 Å². The molecule has 0 saturated carbocycles. The van der Waals surface area contributed by atoms with E-state index in [-0.39, 0.29) is 18.1 Å². The van der Waals surface area contributed by atoms with Crippen molar-refractivity contribution < 1.29 is 9.18 Å². The van der Waals surface area contributed by atoms with Crippen molar-refractivity contribution in [1.29, 1.82) is 0 Å². The number of carbonyl (C=O) groups excluding carboxylic acids is 1. The predicted octanol–water partition coefficient (Wildman–Crippen LogP) is 1.05. The molecule has 2 aromatic heterocycles. The van der Waals surface area contributed by atoms with Crippen LogP contribution in [0.3, 0.4) is 0 Å². The molecule has 0 radical (unpaired) electrons. The molecule has 1 aliphatic rings. The second kappa shape index (κ2) is 7.45. The lowest BCUT2D eigenvalue weighted by atomic mass is 9.87. The summed E-state index contributed by atoms with van der Waals surface area (Å²) in [6, 6.07) is 4.30. The number of rotatable bonds is 4. The number of halogens is 2. The van der Waals surface area contributed by atoms with Crippen LogP contribution in [-0.4, -0.2) is 44.5 Å². The van der Waals surface area contributed by atoms with Crippen molar-refractivity contribution >= 4 is 34.5 Å². The maximum absolute atomic E-state index is 13.9. The number of benzene rings is 1. The van der Waals surface area contributed by atoms with Crippen LogP contribution in [-0.2, 0) is 11.3 Å². The van der Waals surface area contributed by atoms with Crippen molar-refractivity contribution in [1.82, 2.24) is 25.3 Å². The third kappa shape index (κ3) is 3.81. The van der Waals surface area contributed by atoms with Gasteiger partial charge in [0.1, 0.15) is 17.7 Å². The Morgan fingerprint density at radius 3 is 2.79 bits per heavy atom. The fourth-order valence-electron chi connectivity index (χ4n) is 3.44. The molecule has 0 spiro atoms. The first kappa shape index (κ1) is 19.3. The molecule has 1 fully saturated rings. The van der Waals surface area contributed by atoms with Gasteiger partial charge < -0.3 is 20.9 Å². The smallest absolute Gasteiger partial charge is 0.325 e. The topological polar surface area (TPSA) is 133 Å². The minimum atomic E-state index is -1.07. The standard InChI is InChI=1S/C18H19ClFN7O2/c19-11-2-1-10(12(20)7-11)8-22-16(28)18(21)3-5-27(6-4-18)15-13-14(23-9-24-15)26-17(29)25-13/h1-2,7,9H,3-6,8,21H2,(H,22,28)(H2,23,24,25,26,29). The van der Waals surface area contributed by atoms with Gasteiger partial charge in [0.15, 0.2) is 11.5 Å². The summed E-state index contributed by atoms with van der Waals surface area (Å²) in [7, 11) is 0. The van der Waals surface area contributed by atoms with Crippen LogP contribution in [0.5, 0.6) is 0 Å². The molecule has 1 aliphatic heterocycles. The van der Waals surface area contributed by atoms with Crippen LogP contribution in [0.15, 0.2) is 29.3 Å². The number of hydrogen-bond donors (Lipinski definition) is 4. The maximum Gasteiger partial charge on any atom is 0.325 e. The Bertz CT molecular complexity index is 1120. The van der Waals surface area contributed by atoms with Crippen molar-refractivity contribution in [3.05, 3.63) is 51.4 Å². The van der Waals surface area contributed by atoms with Crippen molar-refractivity contribution in [3.8, 4) is 0 Å². The van der Waals surface area contributed by atoms with E-state index in [1.54, 1.807) is 6.07 Å². The second-order valence-electron chi connectivity index (χ2n) is 7.06. The third-order valence-electron chi connectivity index (χ3n) is 5.16. The molecule has 29 heavy (non-hydrogen) atoms. The molecule has 4 rings (SSSR count). The highest BCUT2D eigenvalue weighted by Gasteiger charge is 2.38. The highest BCUT2D eigenvalue weighted by molar-refractivity contribution is 6.30. The number of aromatic nitrogens is 4. The SMILES string of the molecule is NC1(C(=O)NCc2ccc(Cl)cc2F)CCN(c2ncnc3[nH]c(=O)[nH]c23)CC1. The number of hydrogen-bond acceptors (Lipinski definition) is 6. The molecule has 0 aliphatic carbocycles. The quantitative estimate of drug-likeness (QED) is 0.499.